The SMILES string of the molecule is CCc1ccc2c(OC(=O)c3cccc(C)c3)c3ccccc3c(OC(=O)c3cccc(C)c3)c2c1. The van der Waals surface area contributed by atoms with Crippen molar-refractivity contribution in [3.8, 4) is 11.5 Å². The minimum absolute atomic E-state index is 0.434. The predicted octanol–water partition coefficient (Wildman–Crippen LogP) is 7.61. The van der Waals surface area contributed by atoms with Crippen LogP contribution in [0.5, 0.6) is 11.5 Å². The quantitative estimate of drug-likeness (QED) is 0.149. The molecule has 0 amide bonds. The number of rotatable bonds is 5. The first-order valence-electron chi connectivity index (χ1n) is 12.0. The summed E-state index contributed by atoms with van der Waals surface area (Å²) in [4.78, 5) is 26.3. The molecule has 5 aromatic carbocycles. The van der Waals surface area contributed by atoms with Crippen molar-refractivity contribution in [3.63, 3.8) is 0 Å². The van der Waals surface area contributed by atoms with Crippen LogP contribution in [-0.2, 0) is 6.42 Å². The standard InChI is InChI=1S/C32H26O4/c1-4-22-15-16-27-28(19-22)30(36-32(34)24-12-8-10-21(3)18-24)26-14-6-5-13-25(26)29(27)35-31(33)23-11-7-9-20(2)17-23/h5-19H,4H2,1-3H3. The van der Waals surface area contributed by atoms with E-state index in [9.17, 15) is 9.59 Å². The van der Waals surface area contributed by atoms with Crippen molar-refractivity contribution in [2.75, 3.05) is 0 Å². The highest BCUT2D eigenvalue weighted by Crippen LogP contribution is 2.43. The number of ether oxygens (including phenoxy) is 2. The zero-order valence-corrected chi connectivity index (χ0v) is 20.5. The molecule has 0 aliphatic heterocycles. The highest BCUT2D eigenvalue weighted by atomic mass is 16.5. The van der Waals surface area contributed by atoms with Crippen molar-refractivity contribution in [3.05, 3.63) is 119 Å². The number of esters is 2. The molecule has 0 aliphatic rings. The summed E-state index contributed by atoms with van der Waals surface area (Å²) < 4.78 is 12.1. The highest BCUT2D eigenvalue weighted by Gasteiger charge is 2.21. The monoisotopic (exact) mass is 474 g/mol. The molecule has 4 heteroatoms. The summed E-state index contributed by atoms with van der Waals surface area (Å²) in [5.41, 5.74) is 4.00. The van der Waals surface area contributed by atoms with E-state index in [4.69, 9.17) is 9.47 Å². The van der Waals surface area contributed by atoms with Crippen LogP contribution >= 0.6 is 0 Å². The number of carbonyl (C=O) groups excluding carboxylic acids is 2. The molecule has 0 saturated heterocycles. The van der Waals surface area contributed by atoms with Crippen LogP contribution in [0.1, 0.15) is 44.3 Å². The van der Waals surface area contributed by atoms with Gasteiger partial charge in [0.1, 0.15) is 11.5 Å². The van der Waals surface area contributed by atoms with E-state index < -0.39 is 11.9 Å². The van der Waals surface area contributed by atoms with Gasteiger partial charge in [0.05, 0.1) is 11.1 Å². The Morgan fingerprint density at radius 3 is 1.58 bits per heavy atom. The van der Waals surface area contributed by atoms with Crippen molar-refractivity contribution < 1.29 is 19.1 Å². The maximum atomic E-state index is 13.2. The van der Waals surface area contributed by atoms with Crippen LogP contribution in [0.2, 0.25) is 0 Å². The van der Waals surface area contributed by atoms with Gasteiger partial charge in [-0.25, -0.2) is 9.59 Å². The van der Waals surface area contributed by atoms with E-state index in [-0.39, 0.29) is 0 Å². The fourth-order valence-electron chi connectivity index (χ4n) is 4.43. The van der Waals surface area contributed by atoms with E-state index in [0.717, 1.165) is 28.5 Å². The van der Waals surface area contributed by atoms with Gasteiger partial charge in [-0.05, 0) is 56.2 Å². The average molecular weight is 475 g/mol. The second-order valence-electron chi connectivity index (χ2n) is 8.96. The van der Waals surface area contributed by atoms with Crippen molar-refractivity contribution >= 4 is 33.5 Å². The molecule has 0 fully saturated rings. The van der Waals surface area contributed by atoms with Crippen molar-refractivity contribution in [2.24, 2.45) is 0 Å². The molecule has 0 spiro atoms. The van der Waals surface area contributed by atoms with Crippen LogP contribution in [0.25, 0.3) is 21.5 Å². The number of hydrogen-bond donors (Lipinski definition) is 0. The van der Waals surface area contributed by atoms with Gasteiger partial charge in [0.2, 0.25) is 0 Å². The summed E-state index contributed by atoms with van der Waals surface area (Å²) in [6.45, 7) is 5.94. The molecule has 0 heterocycles. The van der Waals surface area contributed by atoms with Gasteiger partial charge in [0, 0.05) is 21.5 Å². The molecular weight excluding hydrogens is 448 g/mol. The normalized spacial score (nSPS) is 11.0. The second kappa shape index (κ2) is 9.67. The summed E-state index contributed by atoms with van der Waals surface area (Å²) in [5.74, 6) is 0.0358. The van der Waals surface area contributed by atoms with Gasteiger partial charge in [0.25, 0.3) is 0 Å². The number of carbonyl (C=O) groups is 2. The fraction of sp³-hybridized carbons (Fsp3) is 0.125. The van der Waals surface area contributed by atoms with E-state index in [1.807, 2.05) is 86.6 Å². The molecule has 0 N–H and O–H groups in total. The number of fused-ring (bicyclic) bond motifs is 2. The van der Waals surface area contributed by atoms with Crippen molar-refractivity contribution in [1.29, 1.82) is 0 Å². The predicted molar refractivity (Wildman–Crippen MR) is 143 cm³/mol. The van der Waals surface area contributed by atoms with Crippen LogP contribution in [0.15, 0.2) is 91.0 Å². The summed E-state index contributed by atoms with van der Waals surface area (Å²) >= 11 is 0. The molecule has 0 unspecified atom stereocenters. The number of hydrogen-bond acceptors (Lipinski definition) is 4. The van der Waals surface area contributed by atoms with Gasteiger partial charge in [-0.1, -0.05) is 78.7 Å². The molecule has 0 aromatic heterocycles. The maximum absolute atomic E-state index is 13.2. The van der Waals surface area contributed by atoms with E-state index in [1.165, 1.54) is 0 Å². The van der Waals surface area contributed by atoms with E-state index in [2.05, 4.69) is 6.92 Å². The molecule has 0 radical (unpaired) electrons. The molecule has 0 atom stereocenters. The lowest BCUT2D eigenvalue weighted by Crippen LogP contribution is -2.11. The molecule has 36 heavy (non-hydrogen) atoms. The Balaban J connectivity index is 1.70. The molecule has 0 aliphatic carbocycles. The Bertz CT molecular complexity index is 1630. The zero-order valence-electron chi connectivity index (χ0n) is 20.5. The Morgan fingerprint density at radius 2 is 1.08 bits per heavy atom. The van der Waals surface area contributed by atoms with E-state index in [1.54, 1.807) is 18.2 Å². The summed E-state index contributed by atoms with van der Waals surface area (Å²) in [6, 6.07) is 28.1. The second-order valence-corrected chi connectivity index (χ2v) is 8.96. The van der Waals surface area contributed by atoms with Crippen LogP contribution < -0.4 is 9.47 Å². The summed E-state index contributed by atoms with van der Waals surface area (Å²) in [5, 5.41) is 2.83. The minimum atomic E-state index is -0.436. The van der Waals surface area contributed by atoms with Gasteiger partial charge < -0.3 is 9.47 Å². The van der Waals surface area contributed by atoms with E-state index in [0.29, 0.717) is 38.8 Å². The third-order valence-corrected chi connectivity index (χ3v) is 6.29. The summed E-state index contributed by atoms with van der Waals surface area (Å²) in [7, 11) is 0. The smallest absolute Gasteiger partial charge is 0.343 e. The third-order valence-electron chi connectivity index (χ3n) is 6.29. The lowest BCUT2D eigenvalue weighted by atomic mass is 9.98. The first kappa shape index (κ1) is 23.3. The van der Waals surface area contributed by atoms with Gasteiger partial charge in [0.15, 0.2) is 0 Å². The lowest BCUT2D eigenvalue weighted by Gasteiger charge is -2.17. The molecule has 4 nitrogen and oxygen atoms in total. The Morgan fingerprint density at radius 1 is 0.583 bits per heavy atom. The molecule has 0 bridgehead atoms. The van der Waals surface area contributed by atoms with Crippen molar-refractivity contribution in [2.45, 2.75) is 27.2 Å². The highest BCUT2D eigenvalue weighted by molar-refractivity contribution is 6.14. The average Bonchev–Trinajstić information content (AvgIpc) is 2.90. The molecule has 5 rings (SSSR count). The topological polar surface area (TPSA) is 52.6 Å². The molecule has 5 aromatic rings. The first-order chi connectivity index (χ1) is 17.4. The zero-order chi connectivity index (χ0) is 25.2. The van der Waals surface area contributed by atoms with Gasteiger partial charge in [-0.2, -0.15) is 0 Å². The van der Waals surface area contributed by atoms with Crippen LogP contribution in [0, 0.1) is 13.8 Å². The largest absolute Gasteiger partial charge is 0.422 e. The third kappa shape index (κ3) is 4.46. The fourth-order valence-corrected chi connectivity index (χ4v) is 4.43. The molecule has 0 saturated carbocycles. The lowest BCUT2D eigenvalue weighted by molar-refractivity contribution is 0.0726. The molecular formula is C32H26O4. The Labute approximate surface area is 210 Å². The first-order valence-corrected chi connectivity index (χ1v) is 12.0. The van der Waals surface area contributed by atoms with Crippen molar-refractivity contribution in [1.82, 2.24) is 0 Å². The maximum Gasteiger partial charge on any atom is 0.343 e. The number of aryl methyl sites for hydroxylation is 3. The number of benzene rings is 5. The van der Waals surface area contributed by atoms with Gasteiger partial charge >= 0.3 is 11.9 Å². The Kier molecular flexibility index (Phi) is 6.26. The Hall–Kier alpha value is -4.44. The van der Waals surface area contributed by atoms with Crippen LogP contribution in [0.3, 0.4) is 0 Å². The summed E-state index contributed by atoms with van der Waals surface area (Å²) in [6.07, 6.45) is 0.812. The van der Waals surface area contributed by atoms with Gasteiger partial charge in [-0.15, -0.1) is 0 Å². The van der Waals surface area contributed by atoms with Crippen LogP contribution in [0.4, 0.5) is 0 Å². The molecule has 178 valence electrons. The minimum Gasteiger partial charge on any atom is -0.422 e. The van der Waals surface area contributed by atoms with Gasteiger partial charge in [-0.3, -0.25) is 0 Å². The van der Waals surface area contributed by atoms with Crippen LogP contribution in [-0.4, -0.2) is 11.9 Å². The van der Waals surface area contributed by atoms with E-state index >= 15 is 0 Å².